The van der Waals surface area contributed by atoms with Gasteiger partial charge >= 0.3 is 0 Å². The second-order valence-corrected chi connectivity index (χ2v) is 9.77. The average Bonchev–Trinajstić information content (AvgIpc) is 3.17. The summed E-state index contributed by atoms with van der Waals surface area (Å²) in [5.41, 5.74) is 14.0. The van der Waals surface area contributed by atoms with Gasteiger partial charge in [-0.15, -0.1) is 0 Å². The monoisotopic (exact) mass is 451 g/mol. The molecule has 170 valence electrons. The molecule has 1 nitrogen and oxygen atoms in total. The number of rotatable bonds is 3. The Morgan fingerprint density at radius 2 is 1.00 bits per heavy atom. The van der Waals surface area contributed by atoms with Crippen molar-refractivity contribution in [1.29, 1.82) is 0 Å². The molecule has 0 atom stereocenters. The van der Waals surface area contributed by atoms with Gasteiger partial charge in [0.25, 0.3) is 0 Å². The molecule has 0 unspecified atom stereocenters. The summed E-state index contributed by atoms with van der Waals surface area (Å²) in [5.74, 6) is 0. The third-order valence-corrected chi connectivity index (χ3v) is 7.13. The second kappa shape index (κ2) is 8.29. The maximum Gasteiger partial charge on any atom is 0.0547 e. The molecule has 0 saturated heterocycles. The molecule has 35 heavy (non-hydrogen) atoms. The molecular weight excluding hydrogens is 422 g/mol. The average molecular weight is 452 g/mol. The van der Waals surface area contributed by atoms with Gasteiger partial charge in [0.05, 0.1) is 11.0 Å². The molecule has 0 aliphatic carbocycles. The molecule has 5 aromatic carbocycles. The first-order chi connectivity index (χ1) is 17.0. The van der Waals surface area contributed by atoms with Crippen LogP contribution in [0.15, 0.2) is 103 Å². The highest BCUT2D eigenvalue weighted by molar-refractivity contribution is 6.11. The predicted molar refractivity (Wildman–Crippen MR) is 151 cm³/mol. The van der Waals surface area contributed by atoms with Crippen LogP contribution in [0.5, 0.6) is 0 Å². The highest BCUT2D eigenvalue weighted by atomic mass is 15.0. The van der Waals surface area contributed by atoms with E-state index in [0.717, 1.165) is 0 Å². The number of aryl methyl sites for hydroxylation is 4. The minimum atomic E-state index is 1.18. The number of nitrogens with zero attached hydrogens (tertiary/aromatic N) is 1. The Labute approximate surface area is 207 Å². The lowest BCUT2D eigenvalue weighted by Crippen LogP contribution is -1.95. The summed E-state index contributed by atoms with van der Waals surface area (Å²) in [7, 11) is 0. The van der Waals surface area contributed by atoms with E-state index in [4.69, 9.17) is 0 Å². The molecule has 6 rings (SSSR count). The Morgan fingerprint density at radius 1 is 0.457 bits per heavy atom. The zero-order chi connectivity index (χ0) is 24.1. The molecule has 0 bridgehead atoms. The van der Waals surface area contributed by atoms with Crippen molar-refractivity contribution in [2.75, 3.05) is 0 Å². The standard InChI is InChI=1S/C34H29N/c1-22-10-12-26(13-11-22)27-14-16-30-31-17-15-28(34-24(3)18-23(2)19-25(34)4)21-33(31)35(32(30)20-27)29-8-6-5-7-9-29/h5-21H,1-4H3. The topological polar surface area (TPSA) is 4.93 Å². The van der Waals surface area contributed by atoms with Crippen molar-refractivity contribution in [3.05, 3.63) is 125 Å². The third kappa shape index (κ3) is 3.65. The maximum atomic E-state index is 2.42. The van der Waals surface area contributed by atoms with Gasteiger partial charge in [0.1, 0.15) is 0 Å². The van der Waals surface area contributed by atoms with Crippen molar-refractivity contribution >= 4 is 21.8 Å². The van der Waals surface area contributed by atoms with E-state index in [0.29, 0.717) is 0 Å². The SMILES string of the molecule is Cc1ccc(-c2ccc3c4ccc(-c5c(C)cc(C)cc5C)cc4n(-c4ccccc4)c3c2)cc1. The molecule has 1 heteroatoms. The molecule has 0 radical (unpaired) electrons. The molecular formula is C34H29N. The quantitative estimate of drug-likeness (QED) is 0.252. The summed E-state index contributed by atoms with van der Waals surface area (Å²) in [4.78, 5) is 0. The first kappa shape index (κ1) is 21.4. The van der Waals surface area contributed by atoms with Crippen molar-refractivity contribution in [1.82, 2.24) is 4.57 Å². The zero-order valence-corrected chi connectivity index (χ0v) is 20.8. The van der Waals surface area contributed by atoms with E-state index in [-0.39, 0.29) is 0 Å². The fourth-order valence-electron chi connectivity index (χ4n) is 5.59. The van der Waals surface area contributed by atoms with Gasteiger partial charge in [0.15, 0.2) is 0 Å². The highest BCUT2D eigenvalue weighted by Crippen LogP contribution is 2.38. The third-order valence-electron chi connectivity index (χ3n) is 7.13. The van der Waals surface area contributed by atoms with Crippen molar-refractivity contribution in [3.8, 4) is 27.9 Å². The summed E-state index contributed by atoms with van der Waals surface area (Å²) >= 11 is 0. The zero-order valence-electron chi connectivity index (χ0n) is 20.8. The van der Waals surface area contributed by atoms with Gasteiger partial charge in [-0.05, 0) is 85.3 Å². The smallest absolute Gasteiger partial charge is 0.0547 e. The second-order valence-electron chi connectivity index (χ2n) is 9.77. The molecule has 0 spiro atoms. The van der Waals surface area contributed by atoms with Crippen molar-refractivity contribution in [2.24, 2.45) is 0 Å². The number of fused-ring (bicyclic) bond motifs is 3. The predicted octanol–water partition coefficient (Wildman–Crippen LogP) is 9.35. The van der Waals surface area contributed by atoms with Gasteiger partial charge in [-0.1, -0.05) is 90.0 Å². The van der Waals surface area contributed by atoms with Crippen LogP contribution in [0, 0.1) is 27.7 Å². The molecule has 0 N–H and O–H groups in total. The maximum absolute atomic E-state index is 2.42. The van der Waals surface area contributed by atoms with Crippen LogP contribution in [0.4, 0.5) is 0 Å². The highest BCUT2D eigenvalue weighted by Gasteiger charge is 2.16. The summed E-state index contributed by atoms with van der Waals surface area (Å²) in [6.45, 7) is 8.75. The van der Waals surface area contributed by atoms with Gasteiger partial charge in [-0.2, -0.15) is 0 Å². The van der Waals surface area contributed by atoms with E-state index in [2.05, 4.69) is 135 Å². The molecule has 0 fully saturated rings. The summed E-state index contributed by atoms with van der Waals surface area (Å²) in [6.07, 6.45) is 0. The Bertz CT molecular complexity index is 1680. The van der Waals surface area contributed by atoms with E-state index < -0.39 is 0 Å². The first-order valence-corrected chi connectivity index (χ1v) is 12.3. The number of aromatic nitrogens is 1. The molecule has 0 amide bonds. The van der Waals surface area contributed by atoms with E-state index in [1.807, 2.05) is 0 Å². The van der Waals surface area contributed by atoms with Crippen LogP contribution in [0.3, 0.4) is 0 Å². The molecule has 0 saturated carbocycles. The largest absolute Gasteiger partial charge is 0.309 e. The van der Waals surface area contributed by atoms with Crippen molar-refractivity contribution in [2.45, 2.75) is 27.7 Å². The molecule has 0 aliphatic rings. The lowest BCUT2D eigenvalue weighted by Gasteiger charge is -2.13. The molecule has 6 aromatic rings. The molecule has 1 aromatic heterocycles. The van der Waals surface area contributed by atoms with Gasteiger partial charge in [0.2, 0.25) is 0 Å². The van der Waals surface area contributed by atoms with Crippen LogP contribution in [0.2, 0.25) is 0 Å². The Morgan fingerprint density at radius 3 is 1.63 bits per heavy atom. The van der Waals surface area contributed by atoms with E-state index >= 15 is 0 Å². The van der Waals surface area contributed by atoms with E-state index in [1.54, 1.807) is 0 Å². The lowest BCUT2D eigenvalue weighted by atomic mass is 9.93. The van der Waals surface area contributed by atoms with Crippen molar-refractivity contribution in [3.63, 3.8) is 0 Å². The van der Waals surface area contributed by atoms with Gasteiger partial charge in [0, 0.05) is 16.5 Å². The molecule has 0 aliphatic heterocycles. The van der Waals surface area contributed by atoms with Crippen LogP contribution in [-0.4, -0.2) is 4.57 Å². The Hall–Kier alpha value is -4.10. The van der Waals surface area contributed by atoms with Crippen LogP contribution in [0.25, 0.3) is 49.7 Å². The number of hydrogen-bond acceptors (Lipinski definition) is 0. The lowest BCUT2D eigenvalue weighted by molar-refractivity contribution is 1.18. The van der Waals surface area contributed by atoms with Crippen molar-refractivity contribution < 1.29 is 0 Å². The fraction of sp³-hybridized carbons (Fsp3) is 0.118. The van der Waals surface area contributed by atoms with Crippen LogP contribution in [0.1, 0.15) is 22.3 Å². The van der Waals surface area contributed by atoms with Crippen LogP contribution < -0.4 is 0 Å². The first-order valence-electron chi connectivity index (χ1n) is 12.3. The fourth-order valence-corrected chi connectivity index (χ4v) is 5.59. The number of hydrogen-bond donors (Lipinski definition) is 0. The summed E-state index contributed by atoms with van der Waals surface area (Å²) in [5, 5.41) is 2.56. The van der Waals surface area contributed by atoms with E-state index in [1.165, 1.54) is 72.0 Å². The minimum absolute atomic E-state index is 1.18. The van der Waals surface area contributed by atoms with E-state index in [9.17, 15) is 0 Å². The van der Waals surface area contributed by atoms with Crippen LogP contribution >= 0.6 is 0 Å². The Kier molecular flexibility index (Phi) is 5.07. The Balaban J connectivity index is 1.66. The number of benzene rings is 5. The van der Waals surface area contributed by atoms with Gasteiger partial charge in [-0.3, -0.25) is 0 Å². The minimum Gasteiger partial charge on any atom is -0.309 e. The normalized spacial score (nSPS) is 11.4. The van der Waals surface area contributed by atoms with Gasteiger partial charge < -0.3 is 4.57 Å². The van der Waals surface area contributed by atoms with Crippen LogP contribution in [-0.2, 0) is 0 Å². The van der Waals surface area contributed by atoms with Gasteiger partial charge in [-0.25, -0.2) is 0 Å². The number of para-hydroxylation sites is 1. The summed E-state index contributed by atoms with van der Waals surface area (Å²) < 4.78 is 2.42. The summed E-state index contributed by atoms with van der Waals surface area (Å²) in [6, 6.07) is 37.9. The molecule has 1 heterocycles.